The van der Waals surface area contributed by atoms with Crippen LogP contribution >= 0.6 is 0 Å². The zero-order valence-corrected chi connectivity index (χ0v) is 66.5. The molecule has 112 heavy (non-hydrogen) atoms. The second kappa shape index (κ2) is 29.3. The predicted molar refractivity (Wildman–Crippen MR) is 426 cm³/mol. The maximum Gasteiger partial charge on any atom is 0.204 e. The van der Waals surface area contributed by atoms with Crippen molar-refractivity contribution in [1.82, 2.24) is 0 Å². The number of benzene rings is 8. The highest BCUT2D eigenvalue weighted by atomic mass is 28.4. The molecule has 4 aromatic heterocycles. The van der Waals surface area contributed by atoms with Gasteiger partial charge in [-0.05, 0) is 99.9 Å². The Morgan fingerprint density at radius 3 is 1.06 bits per heavy atom. The Kier molecular flexibility index (Phi) is 20.3. The molecular weight excluding hydrogens is 1460 g/mol. The van der Waals surface area contributed by atoms with Crippen LogP contribution in [0.15, 0.2) is 146 Å². The van der Waals surface area contributed by atoms with Gasteiger partial charge >= 0.3 is 0 Å². The molecular formula is C86H90O25Si. The molecule has 0 spiro atoms. The summed E-state index contributed by atoms with van der Waals surface area (Å²) in [5.41, 5.74) is 3.59. The third-order valence-electron chi connectivity index (χ3n) is 22.3. The SMILES string of the molecule is C=C(C)[C@H]1Cc2c(cc(OC)c3c(=O)c4cccc(OC)c4oc23)O1.COc1cccc2c(=O)c3c(OC)cc4c(c3oc12)C[C@H]([C@@]1(C)CO1)O4.COc1cccc2c(=O)c3c(OC)cc4c(c3oc12)C[C@H]([C@](C)(O)CO)O4.COc1cccc2c(=O)c3c(OC)cc4c(c3oc12)C[C@H]([C@](C)(O)CO[Si](C)(C)C(C)(C)C)O4. The molecule has 9 heterocycles. The molecule has 1 saturated heterocycles. The van der Waals surface area contributed by atoms with E-state index in [4.69, 9.17) is 83.7 Å². The van der Waals surface area contributed by atoms with E-state index in [1.807, 2.05) is 13.8 Å². The Balaban J connectivity index is 0.000000125. The quantitative estimate of drug-likeness (QED) is 0.0350. The van der Waals surface area contributed by atoms with E-state index < -0.39 is 38.3 Å². The van der Waals surface area contributed by atoms with Gasteiger partial charge in [-0.15, -0.1) is 0 Å². The molecule has 26 heteroatoms. The van der Waals surface area contributed by atoms with Crippen LogP contribution in [0.25, 0.3) is 87.8 Å². The Labute approximate surface area is 643 Å². The van der Waals surface area contributed by atoms with Gasteiger partial charge in [0.15, 0.2) is 53.6 Å². The summed E-state index contributed by atoms with van der Waals surface area (Å²) in [4.78, 5) is 52.8. The molecule has 17 rings (SSSR count). The van der Waals surface area contributed by atoms with Crippen LogP contribution in [0.1, 0.15) is 70.7 Å². The van der Waals surface area contributed by atoms with Crippen molar-refractivity contribution >= 4 is 96.1 Å². The molecule has 5 aliphatic rings. The van der Waals surface area contributed by atoms with Gasteiger partial charge in [-0.3, -0.25) is 19.2 Å². The van der Waals surface area contributed by atoms with E-state index in [9.17, 15) is 34.5 Å². The number of ether oxygens (including phenoxy) is 13. The van der Waals surface area contributed by atoms with E-state index in [-0.39, 0.29) is 57.6 Å². The molecule has 7 atom stereocenters. The number of para-hydroxylation sites is 4. The lowest BCUT2D eigenvalue weighted by Gasteiger charge is -2.39. The summed E-state index contributed by atoms with van der Waals surface area (Å²) in [5.74, 6) is 5.84. The van der Waals surface area contributed by atoms with Crippen molar-refractivity contribution in [2.24, 2.45) is 0 Å². The van der Waals surface area contributed by atoms with Crippen molar-refractivity contribution in [2.45, 2.75) is 134 Å². The van der Waals surface area contributed by atoms with E-state index in [1.165, 1.54) is 49.6 Å². The molecule has 12 aromatic rings. The zero-order valence-electron chi connectivity index (χ0n) is 65.5. The monoisotopic (exact) mass is 1550 g/mol. The lowest BCUT2D eigenvalue weighted by molar-refractivity contribution is -0.0729. The van der Waals surface area contributed by atoms with Gasteiger partial charge in [0.25, 0.3) is 0 Å². The Hall–Kier alpha value is -11.0. The first-order chi connectivity index (χ1) is 53.3. The van der Waals surface area contributed by atoms with Crippen LogP contribution in [0.3, 0.4) is 0 Å². The smallest absolute Gasteiger partial charge is 0.204 e. The van der Waals surface area contributed by atoms with E-state index in [0.717, 1.165) is 22.3 Å². The first-order valence-electron chi connectivity index (χ1n) is 36.5. The van der Waals surface area contributed by atoms with Crippen LogP contribution in [-0.4, -0.2) is 142 Å². The summed E-state index contributed by atoms with van der Waals surface area (Å²) in [6.45, 7) is 22.3. The zero-order chi connectivity index (χ0) is 80.2. The van der Waals surface area contributed by atoms with Crippen molar-refractivity contribution in [1.29, 1.82) is 0 Å². The largest absolute Gasteiger partial charge is 0.496 e. The summed E-state index contributed by atoms with van der Waals surface area (Å²) in [7, 11) is 10.1. The van der Waals surface area contributed by atoms with Gasteiger partial charge in [-0.25, -0.2) is 0 Å². The van der Waals surface area contributed by atoms with Gasteiger partial charge in [0.05, 0.1) is 98.2 Å². The summed E-state index contributed by atoms with van der Waals surface area (Å²) >= 11 is 0. The summed E-state index contributed by atoms with van der Waals surface area (Å²) < 4.78 is 104. The number of epoxide rings is 1. The van der Waals surface area contributed by atoms with E-state index in [2.05, 4.69) is 40.4 Å². The van der Waals surface area contributed by atoms with Crippen LogP contribution in [0.5, 0.6) is 69.0 Å². The number of methoxy groups -OCH3 is 8. The van der Waals surface area contributed by atoms with Crippen molar-refractivity contribution < 1.29 is 99.0 Å². The second-order valence-corrected chi connectivity index (χ2v) is 35.5. The highest BCUT2D eigenvalue weighted by Gasteiger charge is 2.52. The minimum atomic E-state index is -2.06. The summed E-state index contributed by atoms with van der Waals surface area (Å²) in [5, 5.41) is 34.4. The molecule has 588 valence electrons. The Morgan fingerprint density at radius 2 is 0.759 bits per heavy atom. The van der Waals surface area contributed by atoms with E-state index >= 15 is 0 Å². The van der Waals surface area contributed by atoms with Crippen molar-refractivity contribution in [3.63, 3.8) is 0 Å². The van der Waals surface area contributed by atoms with Gasteiger partial charge < -0.3 is 99.0 Å². The van der Waals surface area contributed by atoms with Gasteiger partial charge in [0.2, 0.25) is 21.7 Å². The van der Waals surface area contributed by atoms with E-state index in [0.29, 0.717) is 188 Å². The fraction of sp³-hybridized carbons (Fsp3) is 0.372. The molecule has 3 N–H and O–H groups in total. The normalized spacial score (nSPS) is 18.9. The predicted octanol–water partition coefficient (Wildman–Crippen LogP) is 13.9. The van der Waals surface area contributed by atoms with Gasteiger partial charge in [-0.2, -0.15) is 0 Å². The summed E-state index contributed by atoms with van der Waals surface area (Å²) in [6, 6.07) is 27.7. The van der Waals surface area contributed by atoms with Gasteiger partial charge in [0.1, 0.15) is 131 Å². The minimum absolute atomic E-state index is 0.0235. The molecule has 8 aromatic carbocycles. The highest BCUT2D eigenvalue weighted by Crippen LogP contribution is 2.50. The third kappa shape index (κ3) is 13.3. The van der Waals surface area contributed by atoms with Crippen molar-refractivity contribution in [3.8, 4) is 69.0 Å². The number of hydrogen-bond acceptors (Lipinski definition) is 25. The molecule has 0 unspecified atom stereocenters. The number of aliphatic hydroxyl groups is 3. The fourth-order valence-corrected chi connectivity index (χ4v) is 15.5. The highest BCUT2D eigenvalue weighted by molar-refractivity contribution is 6.74. The van der Waals surface area contributed by atoms with Crippen LogP contribution in [0.4, 0.5) is 0 Å². The number of rotatable bonds is 16. The van der Waals surface area contributed by atoms with Crippen LogP contribution < -0.4 is 78.6 Å². The molecule has 0 amide bonds. The van der Waals surface area contributed by atoms with E-state index in [1.54, 1.807) is 118 Å². The third-order valence-corrected chi connectivity index (χ3v) is 26.8. The Morgan fingerprint density at radius 1 is 0.455 bits per heavy atom. The topological polar surface area (TPSA) is 314 Å². The summed E-state index contributed by atoms with van der Waals surface area (Å²) in [6.07, 6.45) is 0.397. The number of hydrogen-bond donors (Lipinski definition) is 3. The molecule has 5 aliphatic heterocycles. The molecule has 1 fully saturated rings. The molecule has 0 bridgehead atoms. The number of fused-ring (bicyclic) bond motifs is 16. The Bertz CT molecular complexity index is 6050. The lowest BCUT2D eigenvalue weighted by Crippen LogP contribution is -2.51. The lowest BCUT2D eigenvalue weighted by atomic mass is 9.95. The van der Waals surface area contributed by atoms with Gasteiger partial charge in [-0.1, -0.05) is 51.6 Å². The molecule has 0 aliphatic carbocycles. The maximum atomic E-state index is 13.4. The van der Waals surface area contributed by atoms with Crippen LogP contribution in [0.2, 0.25) is 18.1 Å². The standard InChI is InChI=1S/C26H34O7Si.C20H20O7.C20H18O6.C20H18O5/c1-25(2,3)34(7,8)31-14-26(4,28)20-12-16-18(32-20)13-19(30-6)21-22(27)15-10-9-11-17(29-5)23(15)33-24(16)21;1-20(23,9-21)15-7-11-13(26-15)8-14(25-3)16-17(22)10-5-4-6-12(24-2)18(10)27-19(11)16;1-20(9-24-20)15-7-11-13(25-15)8-14(23-3)16-17(21)10-5-4-6-12(22-2)18(10)26-19(11)16;1-10(2)14-8-12-15(24-14)9-16(23-4)17-18(21)11-6-5-7-13(22-3)19(11)25-20(12)17/h9-11,13,20,28H,12,14H2,1-8H3;4-6,8,15,21,23H,7,9H2,1-3H3;4-6,8,15H,7,9H2,1-3H3;5-7,9,14H,1,8H2,2-4H3/t20-,26-;2*15-,20-;14-/m1111/s1. The van der Waals surface area contributed by atoms with Gasteiger partial charge in [0, 0.05) is 72.2 Å². The first-order valence-corrected chi connectivity index (χ1v) is 39.4. The van der Waals surface area contributed by atoms with Crippen molar-refractivity contribution in [3.05, 3.63) is 172 Å². The average molecular weight is 1550 g/mol. The first kappa shape index (κ1) is 77.7. The number of aliphatic hydroxyl groups excluding tert-OH is 1. The molecule has 25 nitrogen and oxygen atoms in total. The maximum absolute atomic E-state index is 13.4. The average Bonchev–Trinajstić information content (AvgIpc) is 1.46. The second-order valence-electron chi connectivity index (χ2n) is 30.7. The molecule has 0 radical (unpaired) electrons. The van der Waals surface area contributed by atoms with Crippen LogP contribution in [0, 0.1) is 0 Å². The fourth-order valence-electron chi connectivity index (χ4n) is 14.4. The van der Waals surface area contributed by atoms with Crippen LogP contribution in [-0.2, 0) is 34.8 Å². The van der Waals surface area contributed by atoms with Crippen molar-refractivity contribution in [2.75, 3.05) is 76.7 Å². The molecule has 0 saturated carbocycles. The minimum Gasteiger partial charge on any atom is -0.496 e.